The van der Waals surface area contributed by atoms with Crippen molar-refractivity contribution in [1.29, 1.82) is 0 Å². The second kappa shape index (κ2) is 6.54. The van der Waals surface area contributed by atoms with Gasteiger partial charge in [0.1, 0.15) is 0 Å². The monoisotopic (exact) mass is 285 g/mol. The molecule has 19 heavy (non-hydrogen) atoms. The molecular weight excluding hydrogens is 270 g/mol. The van der Waals surface area contributed by atoms with Gasteiger partial charge >= 0.3 is 5.97 Å². The number of hydrogen-bond donors (Lipinski definition) is 2. The van der Waals surface area contributed by atoms with Crippen LogP contribution in [0.15, 0.2) is 24.3 Å². The van der Waals surface area contributed by atoms with Crippen molar-refractivity contribution in [1.82, 2.24) is 5.32 Å². The maximum absolute atomic E-state index is 11.8. The molecule has 0 radical (unpaired) electrons. The smallest absolute Gasteiger partial charge is 0.331 e. The summed E-state index contributed by atoms with van der Waals surface area (Å²) in [6.07, 6.45) is 0.0871. The number of amides is 1. The van der Waals surface area contributed by atoms with Crippen LogP contribution in [0.1, 0.15) is 12.5 Å². The molecule has 0 aliphatic heterocycles. The summed E-state index contributed by atoms with van der Waals surface area (Å²) in [6, 6.07) is 6.79. The van der Waals surface area contributed by atoms with Crippen LogP contribution >= 0.6 is 11.6 Å². The van der Waals surface area contributed by atoms with Crippen LogP contribution in [0, 0.1) is 0 Å². The van der Waals surface area contributed by atoms with Crippen LogP contribution in [-0.4, -0.2) is 36.2 Å². The van der Waals surface area contributed by atoms with Gasteiger partial charge in [0.25, 0.3) is 0 Å². The standard InChI is InChI=1S/C13H16ClNO4/c1-13(8-19-2,12(17)18)15-11(16)7-9-3-5-10(14)6-4-9/h3-6H,7-8H2,1-2H3,(H,15,16)(H,17,18). The summed E-state index contributed by atoms with van der Waals surface area (Å²) in [6.45, 7) is 1.30. The molecular formula is C13H16ClNO4. The van der Waals surface area contributed by atoms with Crippen molar-refractivity contribution in [2.75, 3.05) is 13.7 Å². The molecule has 1 aromatic carbocycles. The normalized spacial score (nSPS) is 13.6. The lowest BCUT2D eigenvalue weighted by Gasteiger charge is -2.25. The van der Waals surface area contributed by atoms with Crippen molar-refractivity contribution in [3.63, 3.8) is 0 Å². The molecule has 6 heteroatoms. The molecule has 1 amide bonds. The number of hydrogen-bond acceptors (Lipinski definition) is 3. The highest BCUT2D eigenvalue weighted by Gasteiger charge is 2.34. The van der Waals surface area contributed by atoms with Gasteiger partial charge < -0.3 is 15.2 Å². The maximum Gasteiger partial charge on any atom is 0.331 e. The number of benzene rings is 1. The van der Waals surface area contributed by atoms with Gasteiger partial charge in [-0.25, -0.2) is 4.79 Å². The molecule has 0 aliphatic rings. The molecule has 0 bridgehead atoms. The zero-order chi connectivity index (χ0) is 14.5. The highest BCUT2D eigenvalue weighted by Crippen LogP contribution is 2.11. The van der Waals surface area contributed by atoms with Crippen LogP contribution in [0.4, 0.5) is 0 Å². The first-order valence-corrected chi connectivity index (χ1v) is 6.03. The molecule has 0 heterocycles. The van der Waals surface area contributed by atoms with Crippen molar-refractivity contribution in [2.45, 2.75) is 18.9 Å². The van der Waals surface area contributed by atoms with Crippen LogP contribution in [-0.2, 0) is 20.7 Å². The van der Waals surface area contributed by atoms with E-state index in [0.29, 0.717) is 5.02 Å². The molecule has 0 saturated heterocycles. The Balaban J connectivity index is 2.68. The molecule has 1 atom stereocenters. The predicted molar refractivity (Wildman–Crippen MR) is 71.2 cm³/mol. The first-order chi connectivity index (χ1) is 8.87. The number of nitrogens with one attached hydrogen (secondary N) is 1. The SMILES string of the molecule is COCC(C)(NC(=O)Cc1ccc(Cl)cc1)C(=O)O. The number of rotatable bonds is 6. The summed E-state index contributed by atoms with van der Waals surface area (Å²) in [7, 11) is 1.38. The first-order valence-electron chi connectivity index (χ1n) is 5.65. The Morgan fingerprint density at radius 1 is 1.37 bits per heavy atom. The number of carbonyl (C=O) groups is 2. The van der Waals surface area contributed by atoms with Gasteiger partial charge in [-0.05, 0) is 24.6 Å². The van der Waals surface area contributed by atoms with E-state index in [4.69, 9.17) is 21.4 Å². The molecule has 1 aromatic rings. The fraction of sp³-hybridized carbons (Fsp3) is 0.385. The highest BCUT2D eigenvalue weighted by atomic mass is 35.5. The van der Waals surface area contributed by atoms with Gasteiger partial charge in [-0.1, -0.05) is 23.7 Å². The Hall–Kier alpha value is -1.59. The second-order valence-corrected chi connectivity index (χ2v) is 4.86. The van der Waals surface area contributed by atoms with Crippen molar-refractivity contribution in [3.05, 3.63) is 34.9 Å². The minimum absolute atomic E-state index is 0.0871. The van der Waals surface area contributed by atoms with Crippen molar-refractivity contribution >= 4 is 23.5 Å². The van der Waals surface area contributed by atoms with E-state index in [-0.39, 0.29) is 18.9 Å². The van der Waals surface area contributed by atoms with E-state index in [0.717, 1.165) is 5.56 Å². The third-order valence-electron chi connectivity index (χ3n) is 2.60. The zero-order valence-corrected chi connectivity index (χ0v) is 11.5. The molecule has 104 valence electrons. The van der Waals surface area contributed by atoms with E-state index < -0.39 is 11.5 Å². The second-order valence-electron chi connectivity index (χ2n) is 4.42. The average Bonchev–Trinajstić information content (AvgIpc) is 2.32. The van der Waals surface area contributed by atoms with Crippen LogP contribution in [0.2, 0.25) is 5.02 Å². The van der Waals surface area contributed by atoms with Gasteiger partial charge in [0.15, 0.2) is 5.54 Å². The van der Waals surface area contributed by atoms with Gasteiger partial charge in [-0.2, -0.15) is 0 Å². The highest BCUT2D eigenvalue weighted by molar-refractivity contribution is 6.30. The molecule has 0 fully saturated rings. The van der Waals surface area contributed by atoms with Crippen molar-refractivity contribution in [3.8, 4) is 0 Å². The Kier molecular flexibility index (Phi) is 5.32. The lowest BCUT2D eigenvalue weighted by molar-refractivity contribution is -0.149. The molecule has 2 N–H and O–H groups in total. The minimum Gasteiger partial charge on any atom is -0.479 e. The van der Waals surface area contributed by atoms with Gasteiger partial charge in [-0.15, -0.1) is 0 Å². The van der Waals surface area contributed by atoms with E-state index in [1.807, 2.05) is 0 Å². The number of carboxylic acids is 1. The topological polar surface area (TPSA) is 75.6 Å². The Morgan fingerprint density at radius 3 is 2.42 bits per heavy atom. The number of halogens is 1. The van der Waals surface area contributed by atoms with E-state index in [1.165, 1.54) is 14.0 Å². The summed E-state index contributed by atoms with van der Waals surface area (Å²) >= 11 is 5.74. The van der Waals surface area contributed by atoms with Gasteiger partial charge in [0.05, 0.1) is 13.0 Å². The summed E-state index contributed by atoms with van der Waals surface area (Å²) in [5.41, 5.74) is -0.676. The molecule has 5 nitrogen and oxygen atoms in total. The van der Waals surface area contributed by atoms with Gasteiger partial charge in [-0.3, -0.25) is 4.79 Å². The summed E-state index contributed by atoms with van der Waals surface area (Å²) in [5, 5.41) is 12.1. The van der Waals surface area contributed by atoms with Gasteiger partial charge in [0, 0.05) is 12.1 Å². The quantitative estimate of drug-likeness (QED) is 0.830. The predicted octanol–water partition coefficient (Wildman–Crippen LogP) is 1.49. The lowest BCUT2D eigenvalue weighted by atomic mass is 10.0. The van der Waals surface area contributed by atoms with Crippen LogP contribution in [0.25, 0.3) is 0 Å². The molecule has 0 spiro atoms. The molecule has 1 rings (SSSR count). The molecule has 0 saturated carbocycles. The largest absolute Gasteiger partial charge is 0.479 e. The first kappa shape index (κ1) is 15.5. The molecule has 0 aromatic heterocycles. The fourth-order valence-electron chi connectivity index (χ4n) is 1.58. The maximum atomic E-state index is 11.8. The van der Waals surface area contributed by atoms with E-state index in [9.17, 15) is 9.59 Å². The number of carboxylic acid groups (broad SMARTS) is 1. The third-order valence-corrected chi connectivity index (χ3v) is 2.85. The number of aliphatic carboxylic acids is 1. The molecule has 0 aliphatic carbocycles. The Labute approximate surface area is 116 Å². The lowest BCUT2D eigenvalue weighted by Crippen LogP contribution is -2.55. The minimum atomic E-state index is -1.43. The van der Waals surface area contributed by atoms with Crippen LogP contribution < -0.4 is 5.32 Å². The van der Waals surface area contributed by atoms with E-state index >= 15 is 0 Å². The van der Waals surface area contributed by atoms with Crippen LogP contribution in [0.3, 0.4) is 0 Å². The van der Waals surface area contributed by atoms with Crippen molar-refractivity contribution in [2.24, 2.45) is 0 Å². The van der Waals surface area contributed by atoms with E-state index in [2.05, 4.69) is 5.32 Å². The zero-order valence-electron chi connectivity index (χ0n) is 10.8. The summed E-state index contributed by atoms with van der Waals surface area (Å²) < 4.78 is 4.82. The third kappa shape index (κ3) is 4.54. The summed E-state index contributed by atoms with van der Waals surface area (Å²) in [4.78, 5) is 23.0. The number of carbonyl (C=O) groups excluding carboxylic acids is 1. The average molecular weight is 286 g/mol. The molecule has 1 unspecified atom stereocenters. The van der Waals surface area contributed by atoms with E-state index in [1.54, 1.807) is 24.3 Å². The van der Waals surface area contributed by atoms with Gasteiger partial charge in [0.2, 0.25) is 5.91 Å². The summed E-state index contributed by atoms with van der Waals surface area (Å²) in [5.74, 6) is -1.52. The fourth-order valence-corrected chi connectivity index (χ4v) is 1.71. The number of methoxy groups -OCH3 is 1. The Morgan fingerprint density at radius 2 is 1.95 bits per heavy atom. The number of ether oxygens (including phenoxy) is 1. The Bertz CT molecular complexity index is 460. The van der Waals surface area contributed by atoms with Crippen LogP contribution in [0.5, 0.6) is 0 Å². The van der Waals surface area contributed by atoms with Crippen molar-refractivity contribution < 1.29 is 19.4 Å².